The van der Waals surface area contributed by atoms with Gasteiger partial charge >= 0.3 is 0 Å². The van der Waals surface area contributed by atoms with E-state index in [1.54, 1.807) is 11.3 Å². The fraction of sp³-hybridized carbons (Fsp3) is 0.100. The molecule has 2 aromatic heterocycles. The maximum absolute atomic E-state index is 4.07. The molecule has 0 saturated heterocycles. The lowest BCUT2D eigenvalue weighted by molar-refractivity contribution is 1.31. The minimum Gasteiger partial charge on any atom is -0.264 e. The molecule has 0 spiro atoms. The summed E-state index contributed by atoms with van der Waals surface area (Å²) in [5.41, 5.74) is 2.58. The van der Waals surface area contributed by atoms with E-state index in [0.717, 1.165) is 0 Å². The minimum atomic E-state index is 1.21. The van der Waals surface area contributed by atoms with Gasteiger partial charge in [-0.1, -0.05) is 0 Å². The number of aryl methyl sites for hydroxylation is 1. The van der Waals surface area contributed by atoms with Crippen molar-refractivity contribution in [3.63, 3.8) is 0 Å². The number of thiophene rings is 1. The van der Waals surface area contributed by atoms with Gasteiger partial charge in [-0.25, -0.2) is 0 Å². The molecule has 0 N–H and O–H groups in total. The zero-order chi connectivity index (χ0) is 9.26. The van der Waals surface area contributed by atoms with E-state index < -0.39 is 0 Å². The SMILES string of the molecule is Cc1cc(-c2ccncc2I)cs1. The predicted molar refractivity (Wildman–Crippen MR) is 65.0 cm³/mol. The Morgan fingerprint density at radius 1 is 1.46 bits per heavy atom. The van der Waals surface area contributed by atoms with Crippen molar-refractivity contribution in [1.29, 1.82) is 0 Å². The summed E-state index contributed by atoms with van der Waals surface area (Å²) in [4.78, 5) is 5.42. The van der Waals surface area contributed by atoms with Crippen LogP contribution in [0.2, 0.25) is 0 Å². The summed E-state index contributed by atoms with van der Waals surface area (Å²) in [7, 11) is 0. The van der Waals surface area contributed by atoms with Gasteiger partial charge in [-0.05, 0) is 58.2 Å². The van der Waals surface area contributed by atoms with Crippen LogP contribution in [0.1, 0.15) is 4.88 Å². The summed E-state index contributed by atoms with van der Waals surface area (Å²) in [6.07, 6.45) is 3.73. The number of hydrogen-bond acceptors (Lipinski definition) is 2. The lowest BCUT2D eigenvalue weighted by atomic mass is 10.1. The summed E-state index contributed by atoms with van der Waals surface area (Å²) in [6, 6.07) is 4.27. The second-order valence-corrected chi connectivity index (χ2v) is 5.08. The van der Waals surface area contributed by atoms with Crippen LogP contribution in [0.4, 0.5) is 0 Å². The lowest BCUT2D eigenvalue weighted by Gasteiger charge is -1.99. The molecule has 1 nitrogen and oxygen atoms in total. The summed E-state index contributed by atoms with van der Waals surface area (Å²) in [5, 5.41) is 2.19. The topological polar surface area (TPSA) is 12.9 Å². The number of rotatable bonds is 1. The van der Waals surface area contributed by atoms with Crippen molar-refractivity contribution in [2.24, 2.45) is 0 Å². The number of nitrogens with zero attached hydrogens (tertiary/aromatic N) is 1. The first-order chi connectivity index (χ1) is 6.27. The van der Waals surface area contributed by atoms with Gasteiger partial charge in [0.1, 0.15) is 0 Å². The molecule has 0 amide bonds. The van der Waals surface area contributed by atoms with E-state index in [0.29, 0.717) is 0 Å². The van der Waals surface area contributed by atoms with Gasteiger partial charge in [0.05, 0.1) is 0 Å². The van der Waals surface area contributed by atoms with Gasteiger partial charge in [0, 0.05) is 20.8 Å². The number of hydrogen-bond donors (Lipinski definition) is 0. The Balaban J connectivity index is 2.52. The van der Waals surface area contributed by atoms with Crippen molar-refractivity contribution in [2.75, 3.05) is 0 Å². The monoisotopic (exact) mass is 301 g/mol. The van der Waals surface area contributed by atoms with Gasteiger partial charge in [0.15, 0.2) is 0 Å². The molecule has 3 heteroatoms. The standard InChI is InChI=1S/C10H8INS/c1-7-4-8(6-13-7)9-2-3-12-5-10(9)11/h2-6H,1H3. The quantitative estimate of drug-likeness (QED) is 0.732. The second-order valence-electron chi connectivity index (χ2n) is 2.80. The lowest BCUT2D eigenvalue weighted by Crippen LogP contribution is -1.81. The molecule has 0 aliphatic heterocycles. The first-order valence-electron chi connectivity index (χ1n) is 3.92. The van der Waals surface area contributed by atoms with Crippen molar-refractivity contribution in [3.05, 3.63) is 38.4 Å². The van der Waals surface area contributed by atoms with Crippen LogP contribution in [-0.4, -0.2) is 4.98 Å². The largest absolute Gasteiger partial charge is 0.264 e. The van der Waals surface area contributed by atoms with E-state index in [4.69, 9.17) is 0 Å². The summed E-state index contributed by atoms with van der Waals surface area (Å²) < 4.78 is 1.21. The van der Waals surface area contributed by atoms with Crippen LogP contribution < -0.4 is 0 Å². The predicted octanol–water partition coefficient (Wildman–Crippen LogP) is 3.72. The molecule has 0 saturated carbocycles. The third kappa shape index (κ3) is 1.91. The molecule has 2 aromatic rings. The minimum absolute atomic E-state index is 1.21. The normalized spacial score (nSPS) is 10.3. The van der Waals surface area contributed by atoms with Crippen LogP contribution in [0.5, 0.6) is 0 Å². The van der Waals surface area contributed by atoms with E-state index in [9.17, 15) is 0 Å². The van der Waals surface area contributed by atoms with Gasteiger partial charge in [-0.15, -0.1) is 11.3 Å². The molecule has 2 heterocycles. The molecular weight excluding hydrogens is 293 g/mol. The smallest absolute Gasteiger partial charge is 0.0407 e. The van der Waals surface area contributed by atoms with Crippen LogP contribution >= 0.6 is 33.9 Å². The average molecular weight is 301 g/mol. The molecule has 0 unspecified atom stereocenters. The molecule has 0 aliphatic rings. The Labute approximate surface area is 95.0 Å². The van der Waals surface area contributed by atoms with E-state index in [2.05, 4.69) is 52.0 Å². The number of halogens is 1. The fourth-order valence-corrected chi connectivity index (χ4v) is 2.55. The summed E-state index contributed by atoms with van der Waals surface area (Å²) in [5.74, 6) is 0. The van der Waals surface area contributed by atoms with E-state index in [1.807, 2.05) is 12.4 Å². The van der Waals surface area contributed by atoms with Crippen LogP contribution in [0.25, 0.3) is 11.1 Å². The average Bonchev–Trinajstić information content (AvgIpc) is 2.53. The van der Waals surface area contributed by atoms with Gasteiger partial charge in [0.25, 0.3) is 0 Å². The van der Waals surface area contributed by atoms with Crippen LogP contribution in [0.15, 0.2) is 29.9 Å². The highest BCUT2D eigenvalue weighted by atomic mass is 127. The first kappa shape index (κ1) is 9.15. The zero-order valence-electron chi connectivity index (χ0n) is 7.12. The van der Waals surface area contributed by atoms with E-state index >= 15 is 0 Å². The molecular formula is C10H8INS. The van der Waals surface area contributed by atoms with Crippen LogP contribution in [0, 0.1) is 10.5 Å². The Morgan fingerprint density at radius 2 is 2.31 bits per heavy atom. The fourth-order valence-electron chi connectivity index (χ4n) is 1.19. The van der Waals surface area contributed by atoms with Gasteiger partial charge in [-0.3, -0.25) is 4.98 Å². The highest BCUT2D eigenvalue weighted by Crippen LogP contribution is 2.28. The van der Waals surface area contributed by atoms with Crippen molar-refractivity contribution in [3.8, 4) is 11.1 Å². The zero-order valence-corrected chi connectivity index (χ0v) is 10.1. The Hall–Kier alpha value is -0.420. The summed E-state index contributed by atoms with van der Waals surface area (Å²) in [6.45, 7) is 2.13. The Morgan fingerprint density at radius 3 is 2.92 bits per heavy atom. The molecule has 0 atom stereocenters. The molecule has 66 valence electrons. The molecule has 2 rings (SSSR count). The van der Waals surface area contributed by atoms with Crippen molar-refractivity contribution in [1.82, 2.24) is 4.98 Å². The maximum atomic E-state index is 4.07. The van der Waals surface area contributed by atoms with Gasteiger partial charge < -0.3 is 0 Å². The molecule has 13 heavy (non-hydrogen) atoms. The first-order valence-corrected chi connectivity index (χ1v) is 5.88. The van der Waals surface area contributed by atoms with Crippen molar-refractivity contribution >= 4 is 33.9 Å². The molecule has 0 radical (unpaired) electrons. The summed E-state index contributed by atoms with van der Waals surface area (Å²) >= 11 is 4.10. The Kier molecular flexibility index (Phi) is 2.64. The second kappa shape index (κ2) is 3.75. The van der Waals surface area contributed by atoms with Crippen LogP contribution in [0.3, 0.4) is 0 Å². The molecule has 0 fully saturated rings. The highest BCUT2D eigenvalue weighted by molar-refractivity contribution is 14.1. The van der Waals surface area contributed by atoms with Crippen molar-refractivity contribution in [2.45, 2.75) is 6.92 Å². The van der Waals surface area contributed by atoms with Gasteiger partial charge in [0.2, 0.25) is 0 Å². The van der Waals surface area contributed by atoms with Crippen molar-refractivity contribution < 1.29 is 0 Å². The maximum Gasteiger partial charge on any atom is 0.0407 e. The molecule has 0 aromatic carbocycles. The third-order valence-electron chi connectivity index (χ3n) is 1.81. The number of pyridine rings is 1. The van der Waals surface area contributed by atoms with E-state index in [-0.39, 0.29) is 0 Å². The highest BCUT2D eigenvalue weighted by Gasteiger charge is 2.03. The Bertz CT molecular complexity index is 422. The molecule has 0 bridgehead atoms. The van der Waals surface area contributed by atoms with Crippen LogP contribution in [-0.2, 0) is 0 Å². The van der Waals surface area contributed by atoms with Gasteiger partial charge in [-0.2, -0.15) is 0 Å². The van der Waals surface area contributed by atoms with E-state index in [1.165, 1.54) is 19.6 Å². The molecule has 0 aliphatic carbocycles. The third-order valence-corrected chi connectivity index (χ3v) is 3.54. The number of aromatic nitrogens is 1.